The van der Waals surface area contributed by atoms with Crippen LogP contribution in [0.4, 0.5) is 0 Å². The maximum absolute atomic E-state index is 10.4. The third-order valence-electron chi connectivity index (χ3n) is 7.64. The smallest absolute Gasteiger partial charge is 0.128 e. The van der Waals surface area contributed by atoms with E-state index < -0.39 is 5.41 Å². The van der Waals surface area contributed by atoms with Gasteiger partial charge in [0.05, 0.1) is 36.1 Å². The number of benzene rings is 2. The molecule has 0 saturated heterocycles. The van der Waals surface area contributed by atoms with Crippen molar-refractivity contribution in [3.05, 3.63) is 58.0 Å². The Kier molecular flexibility index (Phi) is 9.85. The molecule has 3 aromatic heterocycles. The molecule has 2 aromatic carbocycles. The van der Waals surface area contributed by atoms with E-state index >= 15 is 0 Å². The van der Waals surface area contributed by atoms with Crippen LogP contribution in [0.5, 0.6) is 11.5 Å². The predicted molar refractivity (Wildman–Crippen MR) is 197 cm³/mol. The monoisotopic (exact) mass is 682 g/mol. The molecule has 0 spiro atoms. The second kappa shape index (κ2) is 13.4. The molecule has 0 saturated carbocycles. The van der Waals surface area contributed by atoms with Gasteiger partial charge < -0.3 is 9.47 Å². The molecule has 0 aliphatic carbocycles. The molecular weight excluding hydrogens is 641 g/mol. The molecule has 0 aliphatic rings. The van der Waals surface area contributed by atoms with E-state index in [1.54, 1.807) is 22.7 Å². The Balaban J connectivity index is 1.72. The minimum Gasteiger partial charge on any atom is -0.493 e. The Morgan fingerprint density at radius 1 is 0.681 bits per heavy atom. The summed E-state index contributed by atoms with van der Waals surface area (Å²) >= 11 is 4.45. The zero-order valence-electron chi connectivity index (χ0n) is 28.9. The van der Waals surface area contributed by atoms with Crippen molar-refractivity contribution in [3.8, 4) is 55.0 Å². The molecule has 47 heavy (non-hydrogen) atoms. The average Bonchev–Trinajstić information content (AvgIpc) is 3.77. The number of nitrogens with zero attached hydrogens (tertiary/aromatic N) is 4. The number of fused-ring (bicyclic) bond motifs is 1. The summed E-state index contributed by atoms with van der Waals surface area (Å²) in [5.41, 5.74) is 5.06. The van der Waals surface area contributed by atoms with Crippen molar-refractivity contribution < 1.29 is 9.47 Å². The van der Waals surface area contributed by atoms with E-state index in [1.165, 1.54) is 4.88 Å². The quantitative estimate of drug-likeness (QED) is 0.154. The fourth-order valence-corrected chi connectivity index (χ4v) is 8.12. The van der Waals surface area contributed by atoms with Crippen molar-refractivity contribution in [1.82, 2.24) is 8.75 Å². The van der Waals surface area contributed by atoms with Crippen molar-refractivity contribution in [3.63, 3.8) is 0 Å². The molecule has 9 heteroatoms. The molecule has 5 aromatic rings. The third-order valence-corrected chi connectivity index (χ3v) is 10.8. The number of rotatable bonds is 9. The van der Waals surface area contributed by atoms with E-state index in [2.05, 4.69) is 99.7 Å². The minimum atomic E-state index is -0.392. The molecule has 0 radical (unpaired) electrons. The van der Waals surface area contributed by atoms with E-state index in [1.807, 2.05) is 26.8 Å². The van der Waals surface area contributed by atoms with Gasteiger partial charge >= 0.3 is 0 Å². The molecule has 244 valence electrons. The van der Waals surface area contributed by atoms with Gasteiger partial charge in [-0.05, 0) is 59.1 Å². The van der Waals surface area contributed by atoms with Gasteiger partial charge in [-0.25, -0.2) is 0 Å². The summed E-state index contributed by atoms with van der Waals surface area (Å²) in [6, 6.07) is 17.4. The molecule has 0 atom stereocenters. The Bertz CT molecular complexity index is 2000. The highest BCUT2D eigenvalue weighted by molar-refractivity contribution is 7.19. The fourth-order valence-electron chi connectivity index (χ4n) is 5.40. The zero-order chi connectivity index (χ0) is 34.3. The van der Waals surface area contributed by atoms with E-state index in [9.17, 15) is 10.5 Å². The number of hydrogen-bond acceptors (Lipinski definition) is 9. The third kappa shape index (κ3) is 7.09. The summed E-state index contributed by atoms with van der Waals surface area (Å²) in [6.07, 6.45) is 0. The summed E-state index contributed by atoms with van der Waals surface area (Å²) < 4.78 is 22.3. The van der Waals surface area contributed by atoms with Crippen molar-refractivity contribution in [2.45, 2.75) is 80.1 Å². The van der Waals surface area contributed by atoms with Gasteiger partial charge in [0.1, 0.15) is 34.7 Å². The first-order valence-electron chi connectivity index (χ1n) is 15.9. The molecule has 6 nitrogen and oxygen atoms in total. The SMILES string of the molecule is CC(C)COc1cc(-c2ccc(C(C)(C)C)s2)c(OCC(C)C)cc1-c1ccc(-c2c(C#N)c(C#N)c(C(C)(C)C)c3nsnc23)s1. The van der Waals surface area contributed by atoms with Gasteiger partial charge in [0.15, 0.2) is 0 Å². The van der Waals surface area contributed by atoms with Crippen LogP contribution in [0.3, 0.4) is 0 Å². The lowest BCUT2D eigenvalue weighted by Crippen LogP contribution is -2.16. The molecule has 0 unspecified atom stereocenters. The van der Waals surface area contributed by atoms with Crippen molar-refractivity contribution in [2.24, 2.45) is 11.8 Å². The van der Waals surface area contributed by atoms with E-state index in [0.717, 1.165) is 54.5 Å². The van der Waals surface area contributed by atoms with Gasteiger partial charge in [0.25, 0.3) is 0 Å². The van der Waals surface area contributed by atoms with Crippen LogP contribution in [0.15, 0.2) is 36.4 Å². The molecule has 0 amide bonds. The summed E-state index contributed by atoms with van der Waals surface area (Å²) in [5.74, 6) is 2.29. The van der Waals surface area contributed by atoms with Gasteiger partial charge in [0, 0.05) is 41.8 Å². The Morgan fingerprint density at radius 3 is 1.68 bits per heavy atom. The maximum Gasteiger partial charge on any atom is 0.128 e. The lowest BCUT2D eigenvalue weighted by atomic mass is 9.80. The van der Waals surface area contributed by atoms with Crippen LogP contribution in [-0.4, -0.2) is 22.0 Å². The Hall–Kier alpha value is -3.76. The summed E-state index contributed by atoms with van der Waals surface area (Å²) in [5, 5.41) is 20.7. The predicted octanol–water partition coefficient (Wildman–Crippen LogP) is 11.2. The number of aromatic nitrogens is 2. The normalized spacial score (nSPS) is 12.1. The van der Waals surface area contributed by atoms with Gasteiger partial charge in [0.2, 0.25) is 0 Å². The Morgan fingerprint density at radius 2 is 1.19 bits per heavy atom. The number of thiophene rings is 2. The van der Waals surface area contributed by atoms with Crippen molar-refractivity contribution >= 4 is 45.4 Å². The maximum atomic E-state index is 10.4. The van der Waals surface area contributed by atoms with E-state index in [4.69, 9.17) is 9.47 Å². The van der Waals surface area contributed by atoms with E-state index in [-0.39, 0.29) is 5.41 Å². The summed E-state index contributed by atoms with van der Waals surface area (Å²) in [6.45, 7) is 22.5. The highest BCUT2D eigenvalue weighted by Gasteiger charge is 2.31. The second-order valence-electron chi connectivity index (χ2n) is 14.8. The Labute approximate surface area is 291 Å². The van der Waals surface area contributed by atoms with Gasteiger partial charge in [-0.2, -0.15) is 19.3 Å². The van der Waals surface area contributed by atoms with E-state index in [0.29, 0.717) is 52.8 Å². The van der Waals surface area contributed by atoms with Crippen molar-refractivity contribution in [2.75, 3.05) is 13.2 Å². The van der Waals surface area contributed by atoms with Gasteiger partial charge in [-0.1, -0.05) is 69.2 Å². The highest BCUT2D eigenvalue weighted by Crippen LogP contribution is 2.49. The first-order valence-corrected chi connectivity index (χ1v) is 18.3. The number of nitriles is 2. The highest BCUT2D eigenvalue weighted by atomic mass is 32.1. The summed E-state index contributed by atoms with van der Waals surface area (Å²) in [7, 11) is 0. The zero-order valence-corrected chi connectivity index (χ0v) is 31.3. The van der Waals surface area contributed by atoms with Crippen LogP contribution >= 0.6 is 34.4 Å². The van der Waals surface area contributed by atoms with Crippen LogP contribution in [0.2, 0.25) is 0 Å². The second-order valence-corrected chi connectivity index (χ2v) is 17.5. The van der Waals surface area contributed by atoms with Crippen LogP contribution in [0.1, 0.15) is 90.8 Å². The molecule has 0 fully saturated rings. The molecule has 0 bridgehead atoms. The van der Waals surface area contributed by atoms with Crippen molar-refractivity contribution in [1.29, 1.82) is 10.5 Å². The van der Waals surface area contributed by atoms with Crippen LogP contribution in [0, 0.1) is 34.5 Å². The fraction of sp³-hybridized carbons (Fsp3) is 0.421. The number of hydrogen-bond donors (Lipinski definition) is 0. The van der Waals surface area contributed by atoms with Gasteiger partial charge in [-0.15, -0.1) is 22.7 Å². The molecule has 0 aliphatic heterocycles. The largest absolute Gasteiger partial charge is 0.493 e. The van der Waals surface area contributed by atoms with Gasteiger partial charge in [-0.3, -0.25) is 0 Å². The first-order chi connectivity index (χ1) is 22.1. The first kappa shape index (κ1) is 34.6. The lowest BCUT2D eigenvalue weighted by molar-refractivity contribution is 0.266. The minimum absolute atomic E-state index is 0.0448. The molecular formula is C38H42N4O2S3. The summed E-state index contributed by atoms with van der Waals surface area (Å²) in [4.78, 5) is 4.27. The van der Waals surface area contributed by atoms with Crippen LogP contribution < -0.4 is 9.47 Å². The lowest BCUT2D eigenvalue weighted by Gasteiger charge is -2.22. The average molecular weight is 683 g/mol. The standard InChI is InChI=1S/C38H42N4O2S3/c1-21(2)19-43-27-16-24(30-13-14-32(46-30)37(5,6)7)28(44-20-22(3)4)15-23(27)29-11-12-31(45-29)33-25(17-39)26(18-40)34(38(8,9)10)36-35(33)41-47-42-36/h11-16,21-22H,19-20H2,1-10H3. The number of ether oxygens (including phenoxy) is 2. The van der Waals surface area contributed by atoms with Crippen LogP contribution in [0.25, 0.3) is 42.4 Å². The van der Waals surface area contributed by atoms with Crippen LogP contribution in [-0.2, 0) is 10.8 Å². The molecule has 3 heterocycles. The molecule has 0 N–H and O–H groups in total. The topological polar surface area (TPSA) is 91.8 Å². The molecule has 5 rings (SSSR count).